The van der Waals surface area contributed by atoms with Gasteiger partial charge in [0.2, 0.25) is 0 Å². The highest BCUT2D eigenvalue weighted by Gasteiger charge is 2.16. The van der Waals surface area contributed by atoms with Crippen LogP contribution >= 0.6 is 27.3 Å². The third-order valence-corrected chi connectivity index (χ3v) is 5.07. The number of para-hydroxylation sites is 1. The van der Waals surface area contributed by atoms with Crippen LogP contribution in [0.1, 0.15) is 4.88 Å². The van der Waals surface area contributed by atoms with Gasteiger partial charge in [0.15, 0.2) is 0 Å². The zero-order chi connectivity index (χ0) is 17.1. The molecule has 1 aromatic heterocycles. The molecule has 0 atom stereocenters. The summed E-state index contributed by atoms with van der Waals surface area (Å²) in [6, 6.07) is 15.2. The summed E-state index contributed by atoms with van der Waals surface area (Å²) in [6.45, 7) is 0. The fraction of sp³-hybridized carbons (Fsp3) is 0.111. The van der Waals surface area contributed by atoms with Crippen molar-refractivity contribution in [3.8, 4) is 27.6 Å². The summed E-state index contributed by atoms with van der Waals surface area (Å²) in [5.74, 6) is -0.419. The first-order valence-corrected chi connectivity index (χ1v) is 8.78. The van der Waals surface area contributed by atoms with Crippen molar-refractivity contribution in [3.63, 3.8) is 0 Å². The summed E-state index contributed by atoms with van der Waals surface area (Å²) in [4.78, 5) is 16.4. The molecular formula is C18H13BrNO3S-. The van der Waals surface area contributed by atoms with Gasteiger partial charge in [0.1, 0.15) is 10.8 Å². The Morgan fingerprint density at radius 1 is 1.21 bits per heavy atom. The number of thiazole rings is 1. The Hall–Kier alpha value is -2.18. The third-order valence-electron chi connectivity index (χ3n) is 3.46. The maximum absolute atomic E-state index is 11.1. The van der Waals surface area contributed by atoms with Crippen molar-refractivity contribution in [2.45, 2.75) is 6.42 Å². The summed E-state index contributed by atoms with van der Waals surface area (Å²) >= 11 is 4.74. The molecule has 0 amide bonds. The number of carboxylic acid groups (broad SMARTS) is 1. The van der Waals surface area contributed by atoms with Crippen molar-refractivity contribution >= 4 is 33.2 Å². The summed E-state index contributed by atoms with van der Waals surface area (Å²) in [5, 5.41) is 11.8. The highest BCUT2D eigenvalue weighted by Crippen LogP contribution is 2.38. The second-order valence-corrected chi connectivity index (χ2v) is 7.05. The van der Waals surface area contributed by atoms with E-state index in [9.17, 15) is 9.90 Å². The van der Waals surface area contributed by atoms with E-state index in [1.165, 1.54) is 11.3 Å². The first-order chi connectivity index (χ1) is 11.6. The Labute approximate surface area is 151 Å². The van der Waals surface area contributed by atoms with Gasteiger partial charge in [-0.2, -0.15) is 0 Å². The maximum Gasteiger partial charge on any atom is 0.129 e. The van der Waals surface area contributed by atoms with Crippen LogP contribution < -0.4 is 9.84 Å². The number of hydrogen-bond acceptors (Lipinski definition) is 5. The number of carbonyl (C=O) groups is 1. The van der Waals surface area contributed by atoms with Crippen LogP contribution in [0.15, 0.2) is 53.0 Å². The topological polar surface area (TPSA) is 62.2 Å². The first-order valence-electron chi connectivity index (χ1n) is 7.17. The van der Waals surface area contributed by atoms with Crippen LogP contribution in [0.3, 0.4) is 0 Å². The monoisotopic (exact) mass is 402 g/mol. The highest BCUT2D eigenvalue weighted by molar-refractivity contribution is 9.10. The fourth-order valence-corrected chi connectivity index (χ4v) is 3.74. The molecule has 0 radical (unpaired) electrons. The minimum Gasteiger partial charge on any atom is -0.550 e. The standard InChI is InChI=1S/C18H14BrNO3S/c1-23-14-5-3-2-4-13(14)18-20-17(15(24-18)10-16(21)22)11-6-8-12(19)9-7-11/h2-9H,10H2,1H3,(H,21,22)/p-1. The van der Waals surface area contributed by atoms with Crippen LogP contribution in [0.25, 0.3) is 21.8 Å². The molecule has 0 unspecified atom stereocenters. The SMILES string of the molecule is COc1ccccc1-c1nc(-c2ccc(Br)cc2)c(CC(=O)[O-])s1. The van der Waals surface area contributed by atoms with E-state index in [4.69, 9.17) is 4.74 Å². The maximum atomic E-state index is 11.1. The van der Waals surface area contributed by atoms with E-state index < -0.39 is 5.97 Å². The van der Waals surface area contributed by atoms with Crippen LogP contribution in [0, 0.1) is 0 Å². The number of benzene rings is 2. The van der Waals surface area contributed by atoms with Crippen LogP contribution in [0.2, 0.25) is 0 Å². The summed E-state index contributed by atoms with van der Waals surface area (Å²) in [5.41, 5.74) is 2.37. The molecule has 0 bridgehead atoms. The number of aliphatic carboxylic acids is 1. The zero-order valence-electron chi connectivity index (χ0n) is 12.8. The van der Waals surface area contributed by atoms with Gasteiger partial charge in [0.25, 0.3) is 0 Å². The predicted octanol–water partition coefficient (Wildman–Crippen LogP) is 3.54. The van der Waals surface area contributed by atoms with Gasteiger partial charge in [-0.1, -0.05) is 40.2 Å². The van der Waals surface area contributed by atoms with Gasteiger partial charge in [-0.3, -0.25) is 0 Å². The number of hydrogen-bond donors (Lipinski definition) is 0. The largest absolute Gasteiger partial charge is 0.550 e. The van der Waals surface area contributed by atoms with Gasteiger partial charge < -0.3 is 14.6 Å². The molecule has 0 aliphatic carbocycles. The smallest absolute Gasteiger partial charge is 0.129 e. The molecule has 0 spiro atoms. The molecule has 0 aliphatic heterocycles. The Morgan fingerprint density at radius 3 is 2.58 bits per heavy atom. The molecule has 3 aromatic rings. The Bertz CT molecular complexity index is 874. The van der Waals surface area contributed by atoms with Crippen molar-refractivity contribution in [2.24, 2.45) is 0 Å². The number of methoxy groups -OCH3 is 1. The molecule has 24 heavy (non-hydrogen) atoms. The molecule has 0 N–H and O–H groups in total. The van der Waals surface area contributed by atoms with Gasteiger partial charge >= 0.3 is 0 Å². The second-order valence-electron chi connectivity index (χ2n) is 5.05. The molecule has 3 rings (SSSR count). The van der Waals surface area contributed by atoms with Crippen LogP contribution in [-0.4, -0.2) is 18.1 Å². The molecular weight excluding hydrogens is 390 g/mol. The summed E-state index contributed by atoms with van der Waals surface area (Å²) in [7, 11) is 1.60. The summed E-state index contributed by atoms with van der Waals surface area (Å²) < 4.78 is 6.33. The average molecular weight is 403 g/mol. The van der Waals surface area contributed by atoms with Crippen molar-refractivity contribution in [1.82, 2.24) is 4.98 Å². The van der Waals surface area contributed by atoms with Crippen molar-refractivity contribution in [1.29, 1.82) is 0 Å². The molecule has 1 heterocycles. The van der Waals surface area contributed by atoms with Gasteiger partial charge in [0, 0.05) is 27.3 Å². The van der Waals surface area contributed by atoms with E-state index in [1.807, 2.05) is 48.5 Å². The molecule has 122 valence electrons. The number of ether oxygens (including phenoxy) is 1. The highest BCUT2D eigenvalue weighted by atomic mass is 79.9. The number of aromatic nitrogens is 1. The van der Waals surface area contributed by atoms with Crippen molar-refractivity contribution < 1.29 is 14.6 Å². The number of halogens is 1. The Morgan fingerprint density at radius 2 is 1.92 bits per heavy atom. The number of carbonyl (C=O) groups excluding carboxylic acids is 1. The van der Waals surface area contributed by atoms with E-state index in [0.717, 1.165) is 20.6 Å². The quantitative estimate of drug-likeness (QED) is 0.654. The minimum absolute atomic E-state index is 0.168. The summed E-state index contributed by atoms with van der Waals surface area (Å²) in [6.07, 6.45) is -0.168. The number of nitrogens with zero attached hydrogens (tertiary/aromatic N) is 1. The van der Waals surface area contributed by atoms with Crippen LogP contribution in [-0.2, 0) is 11.2 Å². The molecule has 0 aliphatic rings. The molecule has 4 nitrogen and oxygen atoms in total. The normalized spacial score (nSPS) is 10.6. The lowest BCUT2D eigenvalue weighted by Gasteiger charge is -2.04. The molecule has 6 heteroatoms. The Kier molecular flexibility index (Phi) is 4.97. The fourth-order valence-electron chi connectivity index (χ4n) is 2.37. The van der Waals surface area contributed by atoms with Gasteiger partial charge in [-0.05, 0) is 24.3 Å². The molecule has 2 aromatic carbocycles. The number of carboxylic acids is 1. The van der Waals surface area contributed by atoms with Gasteiger partial charge in [0.05, 0.1) is 18.4 Å². The van der Waals surface area contributed by atoms with Crippen molar-refractivity contribution in [3.05, 3.63) is 57.9 Å². The average Bonchev–Trinajstić information content (AvgIpc) is 2.98. The van der Waals surface area contributed by atoms with Gasteiger partial charge in [-0.25, -0.2) is 4.98 Å². The lowest BCUT2D eigenvalue weighted by molar-refractivity contribution is -0.304. The Balaban J connectivity index is 2.12. The van der Waals surface area contributed by atoms with Crippen molar-refractivity contribution in [2.75, 3.05) is 7.11 Å². The second kappa shape index (κ2) is 7.15. The zero-order valence-corrected chi connectivity index (χ0v) is 15.2. The molecule has 0 saturated carbocycles. The minimum atomic E-state index is -1.12. The van der Waals surface area contributed by atoms with E-state index in [2.05, 4.69) is 20.9 Å². The van der Waals surface area contributed by atoms with Crippen LogP contribution in [0.4, 0.5) is 0 Å². The lowest BCUT2D eigenvalue weighted by atomic mass is 10.1. The van der Waals surface area contributed by atoms with Gasteiger partial charge in [-0.15, -0.1) is 11.3 Å². The van der Waals surface area contributed by atoms with E-state index in [0.29, 0.717) is 16.3 Å². The van der Waals surface area contributed by atoms with E-state index in [1.54, 1.807) is 7.11 Å². The van der Waals surface area contributed by atoms with Crippen LogP contribution in [0.5, 0.6) is 5.75 Å². The molecule has 0 saturated heterocycles. The van der Waals surface area contributed by atoms with E-state index >= 15 is 0 Å². The third kappa shape index (κ3) is 3.49. The lowest BCUT2D eigenvalue weighted by Crippen LogP contribution is -2.24. The van der Waals surface area contributed by atoms with E-state index in [-0.39, 0.29) is 6.42 Å². The number of rotatable bonds is 5. The predicted molar refractivity (Wildman–Crippen MR) is 95.9 cm³/mol. The first kappa shape index (κ1) is 16.7. The molecule has 0 fully saturated rings.